The first-order valence-corrected chi connectivity index (χ1v) is 11.2. The Morgan fingerprint density at radius 1 is 0.706 bits per heavy atom. The summed E-state index contributed by atoms with van der Waals surface area (Å²) in [6.45, 7) is -1.07. The second kappa shape index (κ2) is 13.0. The maximum atomic E-state index is 13.3. The summed E-state index contributed by atoms with van der Waals surface area (Å²) in [7, 11) is 0. The topological polar surface area (TPSA) is 72.5 Å². The summed E-state index contributed by atoms with van der Waals surface area (Å²) in [4.78, 5) is 38.0. The molecule has 0 saturated heterocycles. The Morgan fingerprint density at radius 2 is 1.21 bits per heavy atom. The lowest BCUT2D eigenvalue weighted by molar-refractivity contribution is -0.129. The number of rotatable bonds is 12. The van der Waals surface area contributed by atoms with Gasteiger partial charge in [-0.1, -0.05) is 91.0 Å². The van der Waals surface area contributed by atoms with Crippen molar-refractivity contribution < 1.29 is 23.5 Å². The van der Waals surface area contributed by atoms with Crippen molar-refractivity contribution >= 4 is 17.7 Å². The quantitative estimate of drug-likeness (QED) is 0.417. The predicted molar refractivity (Wildman–Crippen MR) is 128 cm³/mol. The van der Waals surface area contributed by atoms with Gasteiger partial charge < -0.3 is 10.1 Å². The van der Waals surface area contributed by atoms with Crippen LogP contribution in [0.15, 0.2) is 91.0 Å². The molecule has 0 fully saturated rings. The number of hydrogen-bond donors (Lipinski definition) is 1. The van der Waals surface area contributed by atoms with Crippen LogP contribution in [0.3, 0.4) is 0 Å². The summed E-state index contributed by atoms with van der Waals surface area (Å²) in [5, 5.41) is 2.65. The maximum absolute atomic E-state index is 13.3. The smallest absolute Gasteiger partial charge is 0.408 e. The summed E-state index contributed by atoms with van der Waals surface area (Å²) in [6, 6.07) is 26.7. The molecule has 6 heteroatoms. The van der Waals surface area contributed by atoms with E-state index >= 15 is 0 Å². The highest BCUT2D eigenvalue weighted by Gasteiger charge is 2.28. The minimum Gasteiger partial charge on any atom is -0.445 e. The minimum absolute atomic E-state index is 0.0654. The van der Waals surface area contributed by atoms with E-state index in [0.717, 1.165) is 16.7 Å². The van der Waals surface area contributed by atoms with Crippen LogP contribution in [0.2, 0.25) is 0 Å². The highest BCUT2D eigenvalue weighted by Crippen LogP contribution is 2.17. The Morgan fingerprint density at radius 3 is 1.74 bits per heavy atom. The number of ether oxygens (including phenoxy) is 1. The molecular formula is C28H28FNO4. The van der Waals surface area contributed by atoms with Crippen LogP contribution in [0.4, 0.5) is 9.18 Å². The number of alkyl carbamates (subject to hydrolysis) is 1. The number of benzene rings is 3. The number of amides is 1. The van der Waals surface area contributed by atoms with Gasteiger partial charge in [-0.25, -0.2) is 9.18 Å². The third kappa shape index (κ3) is 7.96. The van der Waals surface area contributed by atoms with Gasteiger partial charge in [0.25, 0.3) is 0 Å². The molecule has 1 amide bonds. The van der Waals surface area contributed by atoms with Crippen molar-refractivity contribution in [2.24, 2.45) is 5.92 Å². The average Bonchev–Trinajstić information content (AvgIpc) is 2.88. The van der Waals surface area contributed by atoms with Gasteiger partial charge in [-0.15, -0.1) is 0 Å². The fourth-order valence-corrected chi connectivity index (χ4v) is 3.69. The second-order valence-electron chi connectivity index (χ2n) is 8.11. The summed E-state index contributed by atoms with van der Waals surface area (Å²) in [6.07, 6.45) is -0.406. The molecule has 0 aliphatic heterocycles. The molecule has 0 aliphatic rings. The summed E-state index contributed by atoms with van der Waals surface area (Å²) in [5.41, 5.74) is 2.51. The number of halogens is 1. The third-order valence-electron chi connectivity index (χ3n) is 5.54. The average molecular weight is 462 g/mol. The highest BCUT2D eigenvalue weighted by atomic mass is 19.1. The van der Waals surface area contributed by atoms with Gasteiger partial charge in [0.2, 0.25) is 0 Å². The molecule has 0 aliphatic carbocycles. The van der Waals surface area contributed by atoms with E-state index in [4.69, 9.17) is 4.74 Å². The molecule has 0 aromatic heterocycles. The third-order valence-corrected chi connectivity index (χ3v) is 5.54. The SMILES string of the molecule is O=C(N[C@@H](Cc1ccccc1)C(=O)C[C@@H](Cc1ccccc1)C(=O)CF)OCc1ccccc1. The zero-order chi connectivity index (χ0) is 24.2. The predicted octanol–water partition coefficient (Wildman–Crippen LogP) is 4.88. The number of carbonyl (C=O) groups is 3. The first-order valence-electron chi connectivity index (χ1n) is 11.2. The van der Waals surface area contributed by atoms with Crippen LogP contribution in [0.5, 0.6) is 0 Å². The lowest BCUT2D eigenvalue weighted by Crippen LogP contribution is -2.44. The van der Waals surface area contributed by atoms with Crippen LogP contribution in [-0.2, 0) is 33.8 Å². The molecule has 2 atom stereocenters. The largest absolute Gasteiger partial charge is 0.445 e. The van der Waals surface area contributed by atoms with Crippen LogP contribution in [0.1, 0.15) is 23.1 Å². The fraction of sp³-hybridized carbons (Fsp3) is 0.250. The van der Waals surface area contributed by atoms with E-state index in [2.05, 4.69) is 5.32 Å². The van der Waals surface area contributed by atoms with Gasteiger partial charge in [0.15, 0.2) is 11.6 Å². The molecule has 0 unspecified atom stereocenters. The Kier molecular flexibility index (Phi) is 9.52. The molecule has 3 aromatic carbocycles. The Balaban J connectivity index is 1.70. The van der Waals surface area contributed by atoms with Crippen molar-refractivity contribution in [2.75, 3.05) is 6.67 Å². The van der Waals surface area contributed by atoms with Gasteiger partial charge in [-0.05, 0) is 29.5 Å². The minimum atomic E-state index is -1.14. The number of Topliss-reactive ketones (excluding diaryl/α,β-unsaturated/α-hetero) is 2. The van der Waals surface area contributed by atoms with E-state index in [1.165, 1.54) is 0 Å². The molecule has 0 radical (unpaired) electrons. The lowest BCUT2D eigenvalue weighted by Gasteiger charge is -2.21. The second-order valence-corrected chi connectivity index (χ2v) is 8.11. The van der Waals surface area contributed by atoms with Crippen molar-refractivity contribution in [3.8, 4) is 0 Å². The first-order chi connectivity index (χ1) is 16.5. The number of hydrogen-bond acceptors (Lipinski definition) is 4. The molecule has 1 N–H and O–H groups in total. The van der Waals surface area contributed by atoms with E-state index in [1.807, 2.05) is 91.0 Å². The monoisotopic (exact) mass is 461 g/mol. The van der Waals surface area contributed by atoms with Crippen LogP contribution < -0.4 is 5.32 Å². The van der Waals surface area contributed by atoms with E-state index in [9.17, 15) is 18.8 Å². The molecule has 5 nitrogen and oxygen atoms in total. The first kappa shape index (κ1) is 24.8. The van der Waals surface area contributed by atoms with E-state index in [-0.39, 0.29) is 31.7 Å². The molecule has 3 aromatic rings. The van der Waals surface area contributed by atoms with Crippen molar-refractivity contribution in [1.82, 2.24) is 5.32 Å². The van der Waals surface area contributed by atoms with Gasteiger partial charge in [0.1, 0.15) is 13.3 Å². The number of ketones is 2. The molecule has 3 rings (SSSR count). The normalized spacial score (nSPS) is 12.4. The molecule has 34 heavy (non-hydrogen) atoms. The molecule has 0 saturated carbocycles. The van der Waals surface area contributed by atoms with Gasteiger partial charge in [-0.2, -0.15) is 0 Å². The Labute approximate surface area is 199 Å². The molecule has 0 spiro atoms. The Hall–Kier alpha value is -3.80. The van der Waals surface area contributed by atoms with E-state index < -0.39 is 30.5 Å². The van der Waals surface area contributed by atoms with E-state index in [0.29, 0.717) is 0 Å². The molecular weight excluding hydrogens is 433 g/mol. The van der Waals surface area contributed by atoms with Crippen molar-refractivity contribution in [3.05, 3.63) is 108 Å². The van der Waals surface area contributed by atoms with E-state index in [1.54, 1.807) is 0 Å². The van der Waals surface area contributed by atoms with Gasteiger partial charge >= 0.3 is 6.09 Å². The lowest BCUT2D eigenvalue weighted by atomic mass is 9.88. The highest BCUT2D eigenvalue weighted by molar-refractivity contribution is 5.92. The standard InChI is InChI=1S/C28H28FNO4/c29-19-27(32)24(16-21-10-4-1-5-11-21)18-26(31)25(17-22-12-6-2-7-13-22)30-28(33)34-20-23-14-8-3-9-15-23/h1-15,24-25H,16-20H2,(H,30,33)/t24-,25+/m1/s1. The molecule has 176 valence electrons. The number of carbonyl (C=O) groups excluding carboxylic acids is 3. The molecule has 0 heterocycles. The van der Waals surface area contributed by atoms with Crippen molar-refractivity contribution in [3.63, 3.8) is 0 Å². The van der Waals surface area contributed by atoms with Crippen molar-refractivity contribution in [1.29, 1.82) is 0 Å². The van der Waals surface area contributed by atoms with Crippen LogP contribution in [-0.4, -0.2) is 30.4 Å². The maximum Gasteiger partial charge on any atom is 0.408 e. The van der Waals surface area contributed by atoms with Gasteiger partial charge in [0, 0.05) is 12.3 Å². The van der Waals surface area contributed by atoms with Crippen molar-refractivity contribution in [2.45, 2.75) is 31.9 Å². The molecule has 0 bridgehead atoms. The van der Waals surface area contributed by atoms with Crippen LogP contribution in [0, 0.1) is 5.92 Å². The summed E-state index contributed by atoms with van der Waals surface area (Å²) < 4.78 is 18.5. The van der Waals surface area contributed by atoms with Crippen LogP contribution >= 0.6 is 0 Å². The summed E-state index contributed by atoms with van der Waals surface area (Å²) >= 11 is 0. The van der Waals surface area contributed by atoms with Crippen LogP contribution in [0.25, 0.3) is 0 Å². The Bertz CT molecular complexity index is 1060. The summed E-state index contributed by atoms with van der Waals surface area (Å²) in [5.74, 6) is -1.77. The van der Waals surface area contributed by atoms with Gasteiger partial charge in [0.05, 0.1) is 6.04 Å². The van der Waals surface area contributed by atoms with Gasteiger partial charge in [-0.3, -0.25) is 9.59 Å². The zero-order valence-electron chi connectivity index (χ0n) is 18.9. The fourth-order valence-electron chi connectivity index (χ4n) is 3.69. The number of nitrogens with one attached hydrogen (secondary N) is 1. The zero-order valence-corrected chi connectivity index (χ0v) is 18.9. The number of alkyl halides is 1.